The monoisotopic (exact) mass is 310 g/mol. The van der Waals surface area contributed by atoms with Crippen molar-refractivity contribution in [3.63, 3.8) is 0 Å². The van der Waals surface area contributed by atoms with Crippen molar-refractivity contribution in [1.82, 2.24) is 30.2 Å². The molecule has 3 aromatic rings. The van der Waals surface area contributed by atoms with Crippen molar-refractivity contribution < 1.29 is 9.53 Å². The molecule has 0 aromatic carbocycles. The Labute approximate surface area is 132 Å². The Morgan fingerprint density at radius 2 is 2.04 bits per heavy atom. The molecule has 8 nitrogen and oxygen atoms in total. The van der Waals surface area contributed by atoms with Crippen LogP contribution in [-0.2, 0) is 11.3 Å². The van der Waals surface area contributed by atoms with E-state index in [0.717, 1.165) is 17.0 Å². The molecule has 0 saturated heterocycles. The van der Waals surface area contributed by atoms with Gasteiger partial charge in [0.15, 0.2) is 5.69 Å². The molecule has 0 bridgehead atoms. The summed E-state index contributed by atoms with van der Waals surface area (Å²) < 4.78 is 6.23. The third-order valence-electron chi connectivity index (χ3n) is 3.18. The van der Waals surface area contributed by atoms with Crippen molar-refractivity contribution in [2.45, 2.75) is 13.5 Å². The molecule has 116 valence electrons. The number of esters is 1. The van der Waals surface area contributed by atoms with Gasteiger partial charge in [0, 0.05) is 17.5 Å². The van der Waals surface area contributed by atoms with Crippen LogP contribution in [0.15, 0.2) is 36.7 Å². The second-order valence-corrected chi connectivity index (χ2v) is 4.89. The van der Waals surface area contributed by atoms with Crippen molar-refractivity contribution in [3.05, 3.63) is 53.7 Å². The van der Waals surface area contributed by atoms with Gasteiger partial charge in [0.25, 0.3) is 0 Å². The zero-order valence-corrected chi connectivity index (χ0v) is 12.7. The van der Waals surface area contributed by atoms with E-state index in [4.69, 9.17) is 0 Å². The molecule has 0 aliphatic rings. The van der Waals surface area contributed by atoms with E-state index < -0.39 is 5.97 Å². The van der Waals surface area contributed by atoms with E-state index in [1.165, 1.54) is 7.11 Å². The Balaban J connectivity index is 1.74. The molecular weight excluding hydrogens is 296 g/mol. The van der Waals surface area contributed by atoms with E-state index in [2.05, 4.69) is 30.2 Å². The number of carbonyl (C=O) groups excluding carboxylic acids is 1. The van der Waals surface area contributed by atoms with Crippen molar-refractivity contribution in [2.24, 2.45) is 0 Å². The van der Waals surface area contributed by atoms with Gasteiger partial charge in [-0.15, -0.1) is 10.2 Å². The number of aryl methyl sites for hydroxylation is 1. The minimum atomic E-state index is -0.515. The van der Waals surface area contributed by atoms with Gasteiger partial charge in [-0.3, -0.25) is 4.98 Å². The molecule has 0 aliphatic heterocycles. The van der Waals surface area contributed by atoms with Crippen LogP contribution in [0.2, 0.25) is 0 Å². The van der Waals surface area contributed by atoms with Crippen LogP contribution in [0.4, 0.5) is 0 Å². The molecule has 3 rings (SSSR count). The standard InChI is InChI=1S/C15H14N6O2/c1-10-3-4-11(7-16-10)14-9-21(20-19-14)8-12-5-6-13(18-17-12)15(22)23-2/h3-7,9H,8H2,1-2H3. The van der Waals surface area contributed by atoms with E-state index in [1.807, 2.05) is 25.3 Å². The SMILES string of the molecule is COC(=O)c1ccc(Cn2cc(-c3ccc(C)nc3)nn2)nn1. The first-order valence-electron chi connectivity index (χ1n) is 6.90. The second kappa shape index (κ2) is 6.30. The largest absolute Gasteiger partial charge is 0.464 e. The smallest absolute Gasteiger partial charge is 0.358 e. The Hall–Kier alpha value is -3.16. The number of ether oxygens (including phenoxy) is 1. The molecule has 0 unspecified atom stereocenters. The molecule has 0 fully saturated rings. The number of hydrogen-bond donors (Lipinski definition) is 0. The average molecular weight is 310 g/mol. The van der Waals surface area contributed by atoms with Gasteiger partial charge in [0.2, 0.25) is 0 Å². The fourth-order valence-electron chi connectivity index (χ4n) is 1.95. The van der Waals surface area contributed by atoms with Gasteiger partial charge in [0.1, 0.15) is 5.69 Å². The van der Waals surface area contributed by atoms with Crippen LogP contribution in [0.5, 0.6) is 0 Å². The maximum Gasteiger partial charge on any atom is 0.358 e. The maximum absolute atomic E-state index is 11.3. The van der Waals surface area contributed by atoms with Gasteiger partial charge in [-0.05, 0) is 31.2 Å². The van der Waals surface area contributed by atoms with Crippen LogP contribution in [0, 0.1) is 6.92 Å². The summed E-state index contributed by atoms with van der Waals surface area (Å²) in [7, 11) is 1.30. The van der Waals surface area contributed by atoms with Crippen molar-refractivity contribution >= 4 is 5.97 Å². The van der Waals surface area contributed by atoms with E-state index in [-0.39, 0.29) is 5.69 Å². The minimum absolute atomic E-state index is 0.168. The zero-order chi connectivity index (χ0) is 16.2. The Bertz CT molecular complexity index is 811. The molecule has 0 saturated carbocycles. The van der Waals surface area contributed by atoms with Crippen LogP contribution in [0.3, 0.4) is 0 Å². The summed E-state index contributed by atoms with van der Waals surface area (Å²) in [5.74, 6) is -0.515. The lowest BCUT2D eigenvalue weighted by Gasteiger charge is -2.01. The van der Waals surface area contributed by atoms with Crippen LogP contribution in [0.25, 0.3) is 11.3 Å². The van der Waals surface area contributed by atoms with Crippen LogP contribution < -0.4 is 0 Å². The van der Waals surface area contributed by atoms with Gasteiger partial charge in [0.05, 0.1) is 25.5 Å². The Morgan fingerprint density at radius 3 is 2.70 bits per heavy atom. The van der Waals surface area contributed by atoms with Crippen molar-refractivity contribution in [1.29, 1.82) is 0 Å². The summed E-state index contributed by atoms with van der Waals surface area (Å²) in [6.45, 7) is 2.33. The molecule has 0 amide bonds. The fraction of sp³-hybridized carbons (Fsp3) is 0.200. The quantitative estimate of drug-likeness (QED) is 0.669. The van der Waals surface area contributed by atoms with E-state index >= 15 is 0 Å². The van der Waals surface area contributed by atoms with Crippen LogP contribution in [-0.4, -0.2) is 43.3 Å². The lowest BCUT2D eigenvalue weighted by molar-refractivity contribution is 0.0592. The van der Waals surface area contributed by atoms with Crippen LogP contribution >= 0.6 is 0 Å². The van der Waals surface area contributed by atoms with Gasteiger partial charge in [-0.25, -0.2) is 9.48 Å². The lowest BCUT2D eigenvalue weighted by Crippen LogP contribution is -2.08. The second-order valence-electron chi connectivity index (χ2n) is 4.89. The molecule has 23 heavy (non-hydrogen) atoms. The number of pyridine rings is 1. The first-order valence-corrected chi connectivity index (χ1v) is 6.90. The van der Waals surface area contributed by atoms with Crippen molar-refractivity contribution in [3.8, 4) is 11.3 Å². The highest BCUT2D eigenvalue weighted by Crippen LogP contribution is 2.15. The third-order valence-corrected chi connectivity index (χ3v) is 3.18. The Morgan fingerprint density at radius 1 is 1.17 bits per heavy atom. The number of nitrogens with zero attached hydrogens (tertiary/aromatic N) is 6. The summed E-state index contributed by atoms with van der Waals surface area (Å²) in [6, 6.07) is 7.14. The van der Waals surface area contributed by atoms with Gasteiger partial charge in [-0.1, -0.05) is 5.21 Å². The zero-order valence-electron chi connectivity index (χ0n) is 12.7. The predicted octanol–water partition coefficient (Wildman–Crippen LogP) is 1.27. The molecule has 0 spiro atoms. The van der Waals surface area contributed by atoms with Gasteiger partial charge < -0.3 is 4.74 Å². The first-order chi connectivity index (χ1) is 11.2. The molecule has 3 heterocycles. The highest BCUT2D eigenvalue weighted by atomic mass is 16.5. The summed E-state index contributed by atoms with van der Waals surface area (Å²) in [5.41, 5.74) is 3.41. The minimum Gasteiger partial charge on any atom is -0.464 e. The number of carbonyl (C=O) groups is 1. The van der Waals surface area contributed by atoms with E-state index in [0.29, 0.717) is 12.2 Å². The fourth-order valence-corrected chi connectivity index (χ4v) is 1.95. The molecule has 0 aliphatic carbocycles. The van der Waals surface area contributed by atoms with Crippen LogP contribution in [0.1, 0.15) is 21.9 Å². The molecule has 0 atom stereocenters. The predicted molar refractivity (Wildman–Crippen MR) is 80.5 cm³/mol. The number of methoxy groups -OCH3 is 1. The van der Waals surface area contributed by atoms with Gasteiger partial charge in [-0.2, -0.15) is 5.10 Å². The highest BCUT2D eigenvalue weighted by molar-refractivity contribution is 5.86. The first kappa shape index (κ1) is 14.8. The van der Waals surface area contributed by atoms with Crippen molar-refractivity contribution in [2.75, 3.05) is 7.11 Å². The topological polar surface area (TPSA) is 95.7 Å². The van der Waals surface area contributed by atoms with E-state index in [1.54, 1.807) is 23.0 Å². The Kier molecular flexibility index (Phi) is 4.05. The summed E-state index contributed by atoms with van der Waals surface area (Å²) >= 11 is 0. The average Bonchev–Trinajstić information content (AvgIpc) is 3.04. The summed E-state index contributed by atoms with van der Waals surface area (Å²) in [4.78, 5) is 15.5. The molecule has 8 heteroatoms. The van der Waals surface area contributed by atoms with Gasteiger partial charge >= 0.3 is 5.97 Å². The third kappa shape index (κ3) is 3.37. The summed E-state index contributed by atoms with van der Waals surface area (Å²) in [6.07, 6.45) is 3.57. The summed E-state index contributed by atoms with van der Waals surface area (Å²) in [5, 5.41) is 16.0. The van der Waals surface area contributed by atoms with E-state index in [9.17, 15) is 4.79 Å². The maximum atomic E-state index is 11.3. The lowest BCUT2D eigenvalue weighted by atomic mass is 10.2. The molecule has 3 aromatic heterocycles. The highest BCUT2D eigenvalue weighted by Gasteiger charge is 2.09. The molecule has 0 radical (unpaired) electrons. The molecular formula is C15H14N6O2. The number of aromatic nitrogens is 6. The number of rotatable bonds is 4. The number of hydrogen-bond acceptors (Lipinski definition) is 7. The normalized spacial score (nSPS) is 10.5. The molecule has 0 N–H and O–H groups in total.